The van der Waals surface area contributed by atoms with Crippen LogP contribution < -0.4 is 11.1 Å². The van der Waals surface area contributed by atoms with Crippen molar-refractivity contribution in [1.82, 2.24) is 5.32 Å². The minimum atomic E-state index is -0.284. The van der Waals surface area contributed by atoms with E-state index < -0.39 is 0 Å². The van der Waals surface area contributed by atoms with E-state index in [0.717, 1.165) is 12.8 Å². The molecule has 3 N–H and O–H groups in total. The van der Waals surface area contributed by atoms with Gasteiger partial charge in [0.2, 0.25) is 5.91 Å². The first-order valence-electron chi connectivity index (χ1n) is 5.43. The summed E-state index contributed by atoms with van der Waals surface area (Å²) in [6.45, 7) is 0.247. The van der Waals surface area contributed by atoms with E-state index in [1.165, 1.54) is 6.07 Å². The standard InChI is InChI=1S/C12H15FN2O/c13-11-4-2-1-3-8(11)7-15-12(16)9-5-10(14)6-9/h1-4,9-10H,5-7,14H2,(H,15,16). The zero-order valence-corrected chi connectivity index (χ0v) is 8.95. The van der Waals surface area contributed by atoms with Crippen LogP contribution in [0.1, 0.15) is 18.4 Å². The molecule has 16 heavy (non-hydrogen) atoms. The van der Waals surface area contributed by atoms with Crippen molar-refractivity contribution in [3.05, 3.63) is 35.6 Å². The first-order valence-corrected chi connectivity index (χ1v) is 5.43. The van der Waals surface area contributed by atoms with Crippen LogP contribution in [-0.2, 0) is 11.3 Å². The van der Waals surface area contributed by atoms with Crippen LogP contribution in [0.2, 0.25) is 0 Å². The zero-order chi connectivity index (χ0) is 11.5. The van der Waals surface area contributed by atoms with Crippen molar-refractivity contribution in [1.29, 1.82) is 0 Å². The van der Waals surface area contributed by atoms with E-state index in [4.69, 9.17) is 5.73 Å². The number of carbonyl (C=O) groups excluding carboxylic acids is 1. The van der Waals surface area contributed by atoms with Crippen LogP contribution in [0.15, 0.2) is 24.3 Å². The summed E-state index contributed by atoms with van der Waals surface area (Å²) >= 11 is 0. The molecule has 0 saturated heterocycles. The highest BCUT2D eigenvalue weighted by Crippen LogP contribution is 2.25. The van der Waals surface area contributed by atoms with Gasteiger partial charge in [-0.3, -0.25) is 4.79 Å². The largest absolute Gasteiger partial charge is 0.352 e. The normalized spacial score (nSPS) is 23.6. The summed E-state index contributed by atoms with van der Waals surface area (Å²) in [4.78, 5) is 11.6. The van der Waals surface area contributed by atoms with Crippen molar-refractivity contribution in [2.75, 3.05) is 0 Å². The molecule has 86 valence electrons. The van der Waals surface area contributed by atoms with E-state index in [1.807, 2.05) is 0 Å². The molecule has 0 unspecified atom stereocenters. The van der Waals surface area contributed by atoms with Gasteiger partial charge in [-0.1, -0.05) is 18.2 Å². The fraction of sp³-hybridized carbons (Fsp3) is 0.417. The Morgan fingerprint density at radius 3 is 2.75 bits per heavy atom. The fourth-order valence-electron chi connectivity index (χ4n) is 1.84. The van der Waals surface area contributed by atoms with Gasteiger partial charge in [-0.2, -0.15) is 0 Å². The average Bonchev–Trinajstić information content (AvgIpc) is 2.23. The lowest BCUT2D eigenvalue weighted by Gasteiger charge is -2.31. The molecule has 1 aromatic carbocycles. The molecule has 0 aromatic heterocycles. The van der Waals surface area contributed by atoms with Gasteiger partial charge in [0.1, 0.15) is 5.82 Å². The van der Waals surface area contributed by atoms with Crippen LogP contribution in [0.3, 0.4) is 0 Å². The van der Waals surface area contributed by atoms with Crippen molar-refractivity contribution in [2.24, 2.45) is 11.7 Å². The number of benzene rings is 1. The molecule has 0 aliphatic heterocycles. The fourth-order valence-corrected chi connectivity index (χ4v) is 1.84. The minimum absolute atomic E-state index is 0.0155. The first-order chi connectivity index (χ1) is 7.66. The van der Waals surface area contributed by atoms with E-state index in [-0.39, 0.29) is 30.2 Å². The van der Waals surface area contributed by atoms with Gasteiger partial charge in [0.15, 0.2) is 0 Å². The Hall–Kier alpha value is -1.42. The monoisotopic (exact) mass is 222 g/mol. The topological polar surface area (TPSA) is 55.1 Å². The number of nitrogens with one attached hydrogen (secondary N) is 1. The molecule has 2 rings (SSSR count). The van der Waals surface area contributed by atoms with Crippen LogP contribution in [0.25, 0.3) is 0 Å². The molecule has 1 aliphatic rings. The molecule has 4 heteroatoms. The Morgan fingerprint density at radius 2 is 2.12 bits per heavy atom. The molecule has 1 fully saturated rings. The molecule has 0 spiro atoms. The lowest BCUT2D eigenvalue weighted by atomic mass is 9.80. The molecular formula is C12H15FN2O. The second-order valence-electron chi connectivity index (χ2n) is 4.24. The van der Waals surface area contributed by atoms with Crippen molar-refractivity contribution in [2.45, 2.75) is 25.4 Å². The molecular weight excluding hydrogens is 207 g/mol. The predicted octanol–water partition coefficient (Wildman–Crippen LogP) is 1.18. The average molecular weight is 222 g/mol. The van der Waals surface area contributed by atoms with Crippen LogP contribution in [0.5, 0.6) is 0 Å². The molecule has 1 saturated carbocycles. The molecule has 0 heterocycles. The maximum Gasteiger partial charge on any atom is 0.223 e. The third-order valence-corrected chi connectivity index (χ3v) is 2.96. The molecule has 0 bridgehead atoms. The molecule has 1 amide bonds. The number of carbonyl (C=O) groups is 1. The summed E-state index contributed by atoms with van der Waals surface area (Å²) in [6.07, 6.45) is 1.48. The smallest absolute Gasteiger partial charge is 0.223 e. The molecule has 0 atom stereocenters. The molecule has 3 nitrogen and oxygen atoms in total. The van der Waals surface area contributed by atoms with Crippen molar-refractivity contribution in [3.63, 3.8) is 0 Å². The summed E-state index contributed by atoms with van der Waals surface area (Å²) < 4.78 is 13.2. The molecule has 1 aliphatic carbocycles. The van der Waals surface area contributed by atoms with Gasteiger partial charge in [0.05, 0.1) is 0 Å². The number of nitrogens with two attached hydrogens (primary N) is 1. The Balaban J connectivity index is 1.83. The SMILES string of the molecule is NC1CC(C(=O)NCc2ccccc2F)C1. The van der Waals surface area contributed by atoms with E-state index in [0.29, 0.717) is 5.56 Å². The zero-order valence-electron chi connectivity index (χ0n) is 8.95. The highest BCUT2D eigenvalue weighted by Gasteiger charge is 2.31. The van der Waals surface area contributed by atoms with Gasteiger partial charge in [0.25, 0.3) is 0 Å². The number of amides is 1. The van der Waals surface area contributed by atoms with Gasteiger partial charge in [-0.15, -0.1) is 0 Å². The predicted molar refractivity (Wildman–Crippen MR) is 58.9 cm³/mol. The van der Waals surface area contributed by atoms with Crippen molar-refractivity contribution >= 4 is 5.91 Å². The summed E-state index contributed by atoms with van der Waals surface area (Å²) in [7, 11) is 0. The van der Waals surface area contributed by atoms with Crippen LogP contribution in [-0.4, -0.2) is 11.9 Å². The highest BCUT2D eigenvalue weighted by molar-refractivity contribution is 5.79. The Bertz CT molecular complexity index is 388. The minimum Gasteiger partial charge on any atom is -0.352 e. The third-order valence-electron chi connectivity index (χ3n) is 2.96. The second kappa shape index (κ2) is 4.61. The van der Waals surface area contributed by atoms with Gasteiger partial charge >= 0.3 is 0 Å². The summed E-state index contributed by atoms with van der Waals surface area (Å²) in [6, 6.07) is 6.60. The number of halogens is 1. The Morgan fingerprint density at radius 1 is 1.44 bits per heavy atom. The lowest BCUT2D eigenvalue weighted by molar-refractivity contribution is -0.128. The van der Waals surface area contributed by atoms with E-state index in [1.54, 1.807) is 18.2 Å². The van der Waals surface area contributed by atoms with E-state index >= 15 is 0 Å². The summed E-state index contributed by atoms with van der Waals surface area (Å²) in [5.41, 5.74) is 6.11. The van der Waals surface area contributed by atoms with E-state index in [2.05, 4.69) is 5.32 Å². The van der Waals surface area contributed by atoms with Gasteiger partial charge in [0, 0.05) is 24.1 Å². The maximum absolute atomic E-state index is 13.2. The quantitative estimate of drug-likeness (QED) is 0.806. The Kier molecular flexibility index (Phi) is 3.19. The number of hydrogen-bond donors (Lipinski definition) is 2. The van der Waals surface area contributed by atoms with Crippen molar-refractivity contribution in [3.8, 4) is 0 Å². The van der Waals surface area contributed by atoms with Crippen LogP contribution >= 0.6 is 0 Å². The van der Waals surface area contributed by atoms with Gasteiger partial charge in [-0.25, -0.2) is 4.39 Å². The van der Waals surface area contributed by atoms with Gasteiger partial charge in [-0.05, 0) is 18.9 Å². The highest BCUT2D eigenvalue weighted by atomic mass is 19.1. The molecule has 0 radical (unpaired) electrons. The first kappa shape index (κ1) is 11.1. The van der Waals surface area contributed by atoms with Crippen LogP contribution in [0.4, 0.5) is 4.39 Å². The number of rotatable bonds is 3. The lowest BCUT2D eigenvalue weighted by Crippen LogP contribution is -2.44. The molecule has 1 aromatic rings. The third kappa shape index (κ3) is 2.39. The van der Waals surface area contributed by atoms with E-state index in [9.17, 15) is 9.18 Å². The van der Waals surface area contributed by atoms with Crippen LogP contribution in [0, 0.1) is 11.7 Å². The summed E-state index contributed by atoms with van der Waals surface area (Å²) in [5.74, 6) is -0.292. The van der Waals surface area contributed by atoms with Gasteiger partial charge < -0.3 is 11.1 Å². The second-order valence-corrected chi connectivity index (χ2v) is 4.24. The summed E-state index contributed by atoms with van der Waals surface area (Å²) in [5, 5.41) is 2.73. The maximum atomic E-state index is 13.2. The number of hydrogen-bond acceptors (Lipinski definition) is 2. The van der Waals surface area contributed by atoms with Crippen molar-refractivity contribution < 1.29 is 9.18 Å². The Labute approximate surface area is 93.8 Å².